The van der Waals surface area contributed by atoms with Gasteiger partial charge in [-0.1, -0.05) is 41.9 Å². The summed E-state index contributed by atoms with van der Waals surface area (Å²) in [6.45, 7) is 3.88. The van der Waals surface area contributed by atoms with Gasteiger partial charge in [-0.05, 0) is 91.2 Å². The number of hydrogen-bond acceptors (Lipinski definition) is 7. The summed E-state index contributed by atoms with van der Waals surface area (Å²) < 4.78 is 5.64. The molecule has 4 aromatic carbocycles. The maximum atomic E-state index is 12.6. The van der Waals surface area contributed by atoms with Crippen LogP contribution in [0.4, 0.5) is 16.5 Å². The second kappa shape index (κ2) is 13.8. The van der Waals surface area contributed by atoms with Crippen molar-refractivity contribution in [3.63, 3.8) is 0 Å². The van der Waals surface area contributed by atoms with Gasteiger partial charge in [0, 0.05) is 32.9 Å². The van der Waals surface area contributed by atoms with Crippen molar-refractivity contribution in [3.05, 3.63) is 124 Å². The van der Waals surface area contributed by atoms with E-state index in [1.807, 2.05) is 79.9 Å². The van der Waals surface area contributed by atoms with E-state index >= 15 is 0 Å². The Morgan fingerprint density at radius 2 is 1.70 bits per heavy atom. The average molecular weight is 610 g/mol. The number of hydrogen-bond donors (Lipinski definition) is 3. The molecule has 0 atom stereocenters. The fourth-order valence-electron chi connectivity index (χ4n) is 3.99. The molecule has 5 rings (SSSR count). The molecule has 2 amide bonds. The summed E-state index contributed by atoms with van der Waals surface area (Å²) in [6, 6.07) is 27.4. The molecule has 0 aliphatic carbocycles. The van der Waals surface area contributed by atoms with Gasteiger partial charge in [0.1, 0.15) is 5.75 Å². The van der Waals surface area contributed by atoms with E-state index in [0.717, 1.165) is 38.9 Å². The minimum Gasteiger partial charge on any atom is -0.484 e. The third kappa shape index (κ3) is 8.28. The number of rotatable bonds is 10. The normalized spacial score (nSPS) is 10.9. The number of benzene rings is 4. The Hall–Kier alpha value is -4.99. The lowest BCUT2D eigenvalue weighted by molar-refractivity contribution is -0.118. The van der Waals surface area contributed by atoms with E-state index in [0.29, 0.717) is 21.9 Å². The van der Waals surface area contributed by atoms with Crippen molar-refractivity contribution in [2.45, 2.75) is 13.8 Å². The molecule has 1 aromatic heterocycles. The first-order valence-electron chi connectivity index (χ1n) is 13.3. The zero-order valence-electron chi connectivity index (χ0n) is 23.4. The maximum Gasteiger partial charge on any atom is 0.271 e. The Bertz CT molecular complexity index is 1770. The fraction of sp³-hybridized carbons (Fsp3) is 0.0909. The first-order chi connectivity index (χ1) is 20.8. The highest BCUT2D eigenvalue weighted by Gasteiger charge is 2.09. The number of thiazole rings is 1. The first kappa shape index (κ1) is 29.5. The van der Waals surface area contributed by atoms with E-state index in [9.17, 15) is 9.59 Å². The number of ether oxygens (including phenoxy) is 1. The number of nitrogens with zero attached hydrogens (tertiary/aromatic N) is 2. The van der Waals surface area contributed by atoms with Crippen molar-refractivity contribution in [1.82, 2.24) is 10.4 Å². The van der Waals surface area contributed by atoms with Crippen LogP contribution in [0, 0.1) is 13.8 Å². The summed E-state index contributed by atoms with van der Waals surface area (Å²) in [5.41, 5.74) is 9.28. The molecule has 0 fully saturated rings. The predicted molar refractivity (Wildman–Crippen MR) is 174 cm³/mol. The molecule has 0 saturated carbocycles. The topological polar surface area (TPSA) is 105 Å². The quantitative estimate of drug-likeness (QED) is 0.112. The molecule has 0 saturated heterocycles. The van der Waals surface area contributed by atoms with Gasteiger partial charge in [0.25, 0.3) is 11.8 Å². The van der Waals surface area contributed by atoms with Gasteiger partial charge in [0.05, 0.1) is 11.9 Å². The number of carbonyl (C=O) groups excluding carboxylic acids is 2. The summed E-state index contributed by atoms with van der Waals surface area (Å²) >= 11 is 7.43. The van der Waals surface area contributed by atoms with E-state index in [-0.39, 0.29) is 18.4 Å². The van der Waals surface area contributed by atoms with E-state index in [4.69, 9.17) is 16.3 Å². The molecule has 43 heavy (non-hydrogen) atoms. The maximum absolute atomic E-state index is 12.6. The monoisotopic (exact) mass is 609 g/mol. The summed E-state index contributed by atoms with van der Waals surface area (Å²) in [5.74, 6) is -0.0957. The molecular weight excluding hydrogens is 582 g/mol. The second-order valence-corrected chi connectivity index (χ2v) is 10.9. The molecule has 10 heteroatoms. The molecule has 5 aromatic rings. The van der Waals surface area contributed by atoms with E-state index < -0.39 is 0 Å². The van der Waals surface area contributed by atoms with Crippen molar-refractivity contribution >= 4 is 57.5 Å². The molecule has 0 spiro atoms. The molecular formula is C33H28ClN5O3S. The van der Waals surface area contributed by atoms with Gasteiger partial charge in [-0.15, -0.1) is 11.3 Å². The van der Waals surface area contributed by atoms with Gasteiger partial charge >= 0.3 is 0 Å². The molecule has 0 bridgehead atoms. The molecule has 0 radical (unpaired) electrons. The van der Waals surface area contributed by atoms with Crippen LogP contribution in [0.1, 0.15) is 27.0 Å². The minimum absolute atomic E-state index is 0.138. The summed E-state index contributed by atoms with van der Waals surface area (Å²) in [7, 11) is 0. The number of hydrazone groups is 1. The minimum atomic E-state index is -0.346. The highest BCUT2D eigenvalue weighted by Crippen LogP contribution is 2.28. The second-order valence-electron chi connectivity index (χ2n) is 9.65. The highest BCUT2D eigenvalue weighted by atomic mass is 35.5. The van der Waals surface area contributed by atoms with Crippen molar-refractivity contribution in [2.24, 2.45) is 5.10 Å². The average Bonchev–Trinajstić information content (AvgIpc) is 3.48. The number of aromatic nitrogens is 1. The zero-order valence-corrected chi connectivity index (χ0v) is 25.0. The van der Waals surface area contributed by atoms with Crippen LogP contribution in [0.25, 0.3) is 11.3 Å². The van der Waals surface area contributed by atoms with Crippen LogP contribution in [0.15, 0.2) is 101 Å². The smallest absolute Gasteiger partial charge is 0.271 e. The number of carbonyl (C=O) groups is 2. The molecule has 1 heterocycles. The first-order valence-corrected chi connectivity index (χ1v) is 14.6. The number of aryl methyl sites for hydroxylation is 2. The van der Waals surface area contributed by atoms with Crippen LogP contribution in [0.3, 0.4) is 0 Å². The Morgan fingerprint density at radius 3 is 2.47 bits per heavy atom. The zero-order chi connectivity index (χ0) is 30.2. The largest absolute Gasteiger partial charge is 0.484 e. The van der Waals surface area contributed by atoms with Crippen LogP contribution in [-0.2, 0) is 4.79 Å². The van der Waals surface area contributed by atoms with Gasteiger partial charge in [-0.25, -0.2) is 10.4 Å². The lowest BCUT2D eigenvalue weighted by Crippen LogP contribution is -2.20. The van der Waals surface area contributed by atoms with Gasteiger partial charge in [0.15, 0.2) is 11.7 Å². The van der Waals surface area contributed by atoms with Crippen LogP contribution in [-0.4, -0.2) is 29.6 Å². The van der Waals surface area contributed by atoms with Crippen LogP contribution in [0.5, 0.6) is 5.75 Å². The van der Waals surface area contributed by atoms with Crippen LogP contribution >= 0.6 is 22.9 Å². The molecule has 0 aliphatic rings. The number of nitrogens with one attached hydrogen (secondary N) is 3. The molecule has 8 nitrogen and oxygen atoms in total. The summed E-state index contributed by atoms with van der Waals surface area (Å²) in [4.78, 5) is 29.6. The van der Waals surface area contributed by atoms with E-state index in [1.54, 1.807) is 30.3 Å². The highest BCUT2D eigenvalue weighted by molar-refractivity contribution is 7.14. The third-order valence-corrected chi connectivity index (χ3v) is 7.45. The van der Waals surface area contributed by atoms with Crippen molar-refractivity contribution in [3.8, 4) is 17.0 Å². The Morgan fingerprint density at radius 1 is 0.930 bits per heavy atom. The molecule has 0 unspecified atom stereocenters. The van der Waals surface area contributed by atoms with E-state index in [2.05, 4.69) is 26.1 Å². The number of halogens is 1. The summed E-state index contributed by atoms with van der Waals surface area (Å²) in [5, 5.41) is 13.5. The Labute approximate surface area is 258 Å². The van der Waals surface area contributed by atoms with Crippen LogP contribution < -0.4 is 20.8 Å². The SMILES string of the molecule is Cc1ccc(NC(=O)COc2cccc(/C=N\NC(=O)c3ccc(-c4csc(Nc5ccc(Cl)cc5)n4)cc3)c2)cc1C. The van der Waals surface area contributed by atoms with Crippen molar-refractivity contribution in [2.75, 3.05) is 17.2 Å². The fourth-order valence-corrected chi connectivity index (χ4v) is 4.86. The van der Waals surface area contributed by atoms with Gasteiger partial charge in [0.2, 0.25) is 0 Å². The number of amides is 2. The standard InChI is InChI=1S/C33H28ClN5O3S/c1-21-6-13-28(16-22(21)2)36-31(40)19-42-29-5-3-4-23(17-29)18-35-39-32(41)25-9-7-24(8-10-25)30-20-43-33(38-30)37-27-14-11-26(34)12-15-27/h3-18,20H,19H2,1-2H3,(H,36,40)(H,37,38)(H,39,41)/b35-18-. The van der Waals surface area contributed by atoms with E-state index in [1.165, 1.54) is 17.6 Å². The van der Waals surface area contributed by atoms with Crippen molar-refractivity contribution < 1.29 is 14.3 Å². The molecule has 0 aliphatic heterocycles. The van der Waals surface area contributed by atoms with Gasteiger partial charge < -0.3 is 15.4 Å². The Kier molecular flexibility index (Phi) is 9.46. The predicted octanol–water partition coefficient (Wildman–Crippen LogP) is 7.61. The summed E-state index contributed by atoms with van der Waals surface area (Å²) in [6.07, 6.45) is 1.51. The lowest BCUT2D eigenvalue weighted by atomic mass is 10.1. The molecule has 216 valence electrons. The third-order valence-electron chi connectivity index (χ3n) is 6.44. The van der Waals surface area contributed by atoms with Gasteiger partial charge in [-0.2, -0.15) is 5.10 Å². The lowest BCUT2D eigenvalue weighted by Gasteiger charge is -2.09. The number of anilines is 3. The molecule has 3 N–H and O–H groups in total. The van der Waals surface area contributed by atoms with Crippen LogP contribution in [0.2, 0.25) is 5.02 Å². The van der Waals surface area contributed by atoms with Gasteiger partial charge in [-0.3, -0.25) is 9.59 Å². The van der Waals surface area contributed by atoms with Crippen molar-refractivity contribution in [1.29, 1.82) is 0 Å². The Balaban J connectivity index is 1.11.